The van der Waals surface area contributed by atoms with Crippen molar-refractivity contribution >= 4 is 40.4 Å². The second kappa shape index (κ2) is 8.77. The second-order valence-corrected chi connectivity index (χ2v) is 10.8. The van der Waals surface area contributed by atoms with Gasteiger partial charge < -0.3 is 40.3 Å². The number of anilines is 1. The molecular weight excluding hydrogens is 503 g/mol. The van der Waals surface area contributed by atoms with Crippen LogP contribution < -0.4 is 5.73 Å². The Morgan fingerprint density at radius 1 is 1.09 bits per heavy atom. The number of hydrogen-bond donors (Lipinski definition) is 7. The minimum Gasteiger partial charge on any atom is -0.387 e. The molecule has 2 aromatic heterocycles. The van der Waals surface area contributed by atoms with Crippen LogP contribution in [0.25, 0.3) is 11.2 Å². The highest BCUT2D eigenvalue weighted by molar-refractivity contribution is 7.66. The summed E-state index contributed by atoms with van der Waals surface area (Å²) in [5.74, 6) is 0.325. The average Bonchev–Trinajstić information content (AvgIpc) is 3.08. The number of phosphoric ester groups is 1. The third-order valence-corrected chi connectivity index (χ3v) is 7.89. The lowest BCUT2D eigenvalue weighted by Crippen LogP contribution is -2.33. The van der Waals surface area contributed by atoms with Gasteiger partial charge in [-0.2, -0.15) is 8.62 Å². The van der Waals surface area contributed by atoms with Gasteiger partial charge in [-0.15, -0.1) is 0 Å². The number of imidazole rings is 1. The maximum atomic E-state index is 11.8. The molecule has 0 spiro atoms. The zero-order valence-electron chi connectivity index (χ0n) is 15.8. The average molecular weight is 521 g/mol. The molecule has 1 aliphatic rings. The van der Waals surface area contributed by atoms with E-state index in [-0.39, 0.29) is 22.8 Å². The molecule has 180 valence electrons. The maximum absolute atomic E-state index is 11.8. The largest absolute Gasteiger partial charge is 0.490 e. The number of aliphatic hydroxyl groups is 2. The molecule has 0 bridgehead atoms. The standard InChI is InChI=1S/C11H18N5O13P3/c1-4-15-6-9(12)13-3-14-10(6)16(4)11-8(18)7(17)5(27-11)2-26-31(22,23)29-32(24,25)28-30(19,20)21/h3,5,7-8,11,17-18H,2H2,1H3,(H,22,23)(H,24,25)(H2,12,13,14)(H2,19,20,21)/t5-,7?,8?,11-/m1/s1. The number of nitrogens with zero attached hydrogens (tertiary/aromatic N) is 4. The Labute approximate surface area is 178 Å². The van der Waals surface area contributed by atoms with Crippen molar-refractivity contribution in [2.75, 3.05) is 12.3 Å². The van der Waals surface area contributed by atoms with Gasteiger partial charge in [0.25, 0.3) is 0 Å². The Morgan fingerprint density at radius 3 is 2.38 bits per heavy atom. The lowest BCUT2D eigenvalue weighted by molar-refractivity contribution is -0.0511. The van der Waals surface area contributed by atoms with E-state index in [1.54, 1.807) is 0 Å². The summed E-state index contributed by atoms with van der Waals surface area (Å²) >= 11 is 0. The van der Waals surface area contributed by atoms with Gasteiger partial charge in [0, 0.05) is 0 Å². The molecule has 3 heterocycles. The Kier molecular flexibility index (Phi) is 6.93. The van der Waals surface area contributed by atoms with Crippen LogP contribution in [0.1, 0.15) is 12.1 Å². The zero-order chi connectivity index (χ0) is 24.1. The predicted molar refractivity (Wildman–Crippen MR) is 100 cm³/mol. The van der Waals surface area contributed by atoms with Gasteiger partial charge in [0.2, 0.25) is 0 Å². The van der Waals surface area contributed by atoms with Crippen molar-refractivity contribution in [1.82, 2.24) is 19.5 Å². The molecule has 18 nitrogen and oxygen atoms in total. The molecule has 21 heteroatoms. The third kappa shape index (κ3) is 5.58. The maximum Gasteiger partial charge on any atom is 0.490 e. The van der Waals surface area contributed by atoms with E-state index in [0.717, 1.165) is 6.33 Å². The van der Waals surface area contributed by atoms with E-state index in [4.69, 9.17) is 25.2 Å². The van der Waals surface area contributed by atoms with E-state index >= 15 is 0 Å². The summed E-state index contributed by atoms with van der Waals surface area (Å²) in [5, 5.41) is 20.6. The van der Waals surface area contributed by atoms with Gasteiger partial charge in [-0.3, -0.25) is 9.09 Å². The Bertz CT molecular complexity index is 1150. The number of nitrogen functional groups attached to an aromatic ring is 1. The van der Waals surface area contributed by atoms with Crippen LogP contribution in [-0.4, -0.2) is 74.2 Å². The molecule has 4 unspecified atom stereocenters. The van der Waals surface area contributed by atoms with Crippen molar-refractivity contribution in [3.05, 3.63) is 12.2 Å². The number of aryl methyl sites for hydroxylation is 1. The van der Waals surface area contributed by atoms with Crippen LogP contribution in [-0.2, 0) is 31.6 Å². The highest BCUT2D eigenvalue weighted by atomic mass is 31.3. The molecule has 0 saturated carbocycles. The van der Waals surface area contributed by atoms with Crippen LogP contribution in [0.15, 0.2) is 6.33 Å². The van der Waals surface area contributed by atoms with Gasteiger partial charge in [0.15, 0.2) is 23.2 Å². The number of fused-ring (bicyclic) bond motifs is 1. The third-order valence-electron chi connectivity index (χ3n) is 4.09. The normalized spacial score (nSPS) is 28.0. The molecule has 0 amide bonds. The number of phosphoric acid groups is 3. The lowest BCUT2D eigenvalue weighted by Gasteiger charge is -2.19. The van der Waals surface area contributed by atoms with Crippen LogP contribution >= 0.6 is 23.5 Å². The summed E-state index contributed by atoms with van der Waals surface area (Å²) in [6.07, 6.45) is -4.89. The van der Waals surface area contributed by atoms with Gasteiger partial charge in [0.05, 0.1) is 6.61 Å². The first-order valence-electron chi connectivity index (χ1n) is 8.35. The number of hydrogen-bond acceptors (Lipinski definition) is 13. The van der Waals surface area contributed by atoms with Gasteiger partial charge in [-0.1, -0.05) is 0 Å². The van der Waals surface area contributed by atoms with E-state index in [2.05, 4.69) is 28.1 Å². The van der Waals surface area contributed by atoms with Gasteiger partial charge in [-0.05, 0) is 6.92 Å². The van der Waals surface area contributed by atoms with Crippen LogP contribution in [0.5, 0.6) is 0 Å². The van der Waals surface area contributed by atoms with E-state index in [9.17, 15) is 28.8 Å². The van der Waals surface area contributed by atoms with Crippen molar-refractivity contribution < 1.29 is 61.4 Å². The first-order valence-corrected chi connectivity index (χ1v) is 12.9. The molecule has 1 aliphatic heterocycles. The molecule has 1 saturated heterocycles. The number of aromatic nitrogens is 4. The van der Waals surface area contributed by atoms with Crippen LogP contribution in [0.2, 0.25) is 0 Å². The predicted octanol–water partition coefficient (Wildman–Crippen LogP) is -1.32. The molecule has 8 N–H and O–H groups in total. The smallest absolute Gasteiger partial charge is 0.387 e. The molecule has 0 aromatic carbocycles. The summed E-state index contributed by atoms with van der Waals surface area (Å²) in [5.41, 5.74) is 6.10. The van der Waals surface area contributed by atoms with Crippen LogP contribution in [0.4, 0.5) is 5.82 Å². The number of aliphatic hydroxyl groups excluding tert-OH is 2. The molecule has 1 fully saturated rings. The summed E-state index contributed by atoms with van der Waals surface area (Å²) in [7, 11) is -16.7. The first-order chi connectivity index (χ1) is 14.6. The molecule has 3 rings (SSSR count). The first kappa shape index (κ1) is 25.3. The minimum atomic E-state index is -5.71. The highest BCUT2D eigenvalue weighted by Gasteiger charge is 2.47. The Morgan fingerprint density at radius 2 is 1.75 bits per heavy atom. The summed E-state index contributed by atoms with van der Waals surface area (Å²) in [6, 6.07) is 0. The Balaban J connectivity index is 1.73. The highest BCUT2D eigenvalue weighted by Crippen LogP contribution is 2.66. The van der Waals surface area contributed by atoms with Crippen molar-refractivity contribution in [1.29, 1.82) is 0 Å². The van der Waals surface area contributed by atoms with Crippen LogP contribution in [0.3, 0.4) is 0 Å². The van der Waals surface area contributed by atoms with Crippen molar-refractivity contribution in [3.8, 4) is 0 Å². The van der Waals surface area contributed by atoms with Crippen molar-refractivity contribution in [2.24, 2.45) is 0 Å². The van der Waals surface area contributed by atoms with E-state index < -0.39 is 54.6 Å². The van der Waals surface area contributed by atoms with Gasteiger partial charge in [0.1, 0.15) is 30.5 Å². The molecule has 0 radical (unpaired) electrons. The van der Waals surface area contributed by atoms with Gasteiger partial charge in [-0.25, -0.2) is 28.6 Å². The number of nitrogens with two attached hydrogens (primary N) is 1. The Hall–Kier alpha value is -1.36. The topological polar surface area (TPSA) is 279 Å². The van der Waals surface area contributed by atoms with Crippen molar-refractivity contribution in [2.45, 2.75) is 31.5 Å². The fourth-order valence-electron chi connectivity index (χ4n) is 2.89. The molecule has 0 aliphatic carbocycles. The van der Waals surface area contributed by atoms with E-state index in [0.29, 0.717) is 0 Å². The fourth-order valence-corrected chi connectivity index (χ4v) is 5.92. The summed E-state index contributed by atoms with van der Waals surface area (Å²) in [6.45, 7) is 0.574. The second-order valence-electron chi connectivity index (χ2n) is 6.39. The van der Waals surface area contributed by atoms with Crippen LogP contribution in [0, 0.1) is 6.92 Å². The molecule has 32 heavy (non-hydrogen) atoms. The molecular formula is C11H18N5O13P3. The molecule has 6 atom stereocenters. The summed E-state index contributed by atoms with van der Waals surface area (Å²) in [4.78, 5) is 47.7. The molecule has 2 aromatic rings. The summed E-state index contributed by atoms with van der Waals surface area (Å²) < 4.78 is 52.2. The fraction of sp³-hybridized carbons (Fsp3) is 0.545. The number of ether oxygens (including phenoxy) is 1. The monoisotopic (exact) mass is 521 g/mol. The van der Waals surface area contributed by atoms with Crippen molar-refractivity contribution in [3.63, 3.8) is 0 Å². The van der Waals surface area contributed by atoms with Gasteiger partial charge >= 0.3 is 23.5 Å². The number of rotatable bonds is 8. The minimum absolute atomic E-state index is 0.0501. The van der Waals surface area contributed by atoms with E-state index in [1.807, 2.05) is 0 Å². The van der Waals surface area contributed by atoms with E-state index in [1.165, 1.54) is 11.5 Å². The lowest BCUT2D eigenvalue weighted by atomic mass is 10.1. The zero-order valence-corrected chi connectivity index (χ0v) is 18.5. The quantitative estimate of drug-likeness (QED) is 0.198. The SMILES string of the molecule is Cc1nc2c(N)ncnc2n1[C@@H]1O[C@H](COP(=O)(O)OP(=O)(O)OP(=O)(O)O)C(O)C1O.